The molecule has 3 aromatic rings. The fourth-order valence-electron chi connectivity index (χ4n) is 4.49. The number of pyridine rings is 2. The molecule has 1 saturated heterocycles. The van der Waals surface area contributed by atoms with E-state index in [2.05, 4.69) is 48.3 Å². The topological polar surface area (TPSA) is 92.3 Å². The molecule has 0 radical (unpaired) electrons. The Kier molecular flexibility index (Phi) is 13.0. The van der Waals surface area contributed by atoms with Gasteiger partial charge in [-0.2, -0.15) is 0 Å². The Labute approximate surface area is 250 Å². The van der Waals surface area contributed by atoms with Gasteiger partial charge in [0, 0.05) is 38.1 Å². The Bertz CT molecular complexity index is 1210. The standard InChI is InChI=1S/C28H38N6O2S.C4H10/c1-5-13-28(4,6-2)36-27(35)34-15-11-21(12-16-34)30-19-26-31-18-23(37-26)22-8-7-9-24(32-22)33-25-17-20(3)10-14-29-25;1-3-4-2/h7-10,14,17-18,21,30H,5-6,11-13,15-16,19H2,1-4H3,(H,29,32,33);3-4H2,1-2H3. The van der Waals surface area contributed by atoms with Crippen LogP contribution in [0.2, 0.25) is 0 Å². The van der Waals surface area contributed by atoms with E-state index in [1.54, 1.807) is 17.5 Å². The van der Waals surface area contributed by atoms with E-state index in [-0.39, 0.29) is 11.7 Å². The molecular formula is C32H48N6O2S. The van der Waals surface area contributed by atoms with Crippen LogP contribution in [0.3, 0.4) is 0 Å². The van der Waals surface area contributed by atoms with Crippen molar-refractivity contribution in [1.29, 1.82) is 0 Å². The number of anilines is 2. The summed E-state index contributed by atoms with van der Waals surface area (Å²) < 4.78 is 5.87. The molecule has 4 rings (SSSR count). The van der Waals surface area contributed by atoms with Gasteiger partial charge in [-0.3, -0.25) is 0 Å². The average Bonchev–Trinajstić information content (AvgIpc) is 3.46. The summed E-state index contributed by atoms with van der Waals surface area (Å²) >= 11 is 1.65. The molecule has 1 fully saturated rings. The summed E-state index contributed by atoms with van der Waals surface area (Å²) in [5, 5.41) is 7.92. The van der Waals surface area contributed by atoms with Crippen molar-refractivity contribution < 1.29 is 9.53 Å². The lowest BCUT2D eigenvalue weighted by molar-refractivity contribution is -0.00998. The molecule has 2 N–H and O–H groups in total. The summed E-state index contributed by atoms with van der Waals surface area (Å²) in [6.45, 7) is 14.8. The molecule has 9 heteroatoms. The van der Waals surface area contributed by atoms with E-state index in [0.717, 1.165) is 64.9 Å². The van der Waals surface area contributed by atoms with E-state index in [9.17, 15) is 4.79 Å². The van der Waals surface area contributed by atoms with Gasteiger partial charge in [-0.05, 0) is 69.4 Å². The van der Waals surface area contributed by atoms with Crippen LogP contribution >= 0.6 is 11.3 Å². The second kappa shape index (κ2) is 16.4. The van der Waals surface area contributed by atoms with Crippen molar-refractivity contribution in [3.63, 3.8) is 0 Å². The van der Waals surface area contributed by atoms with Crippen LogP contribution in [0.1, 0.15) is 90.1 Å². The number of aromatic nitrogens is 3. The van der Waals surface area contributed by atoms with E-state index in [1.165, 1.54) is 12.8 Å². The normalized spacial score (nSPS) is 15.0. The highest BCUT2D eigenvalue weighted by atomic mass is 32.1. The third kappa shape index (κ3) is 10.4. The Morgan fingerprint density at radius 2 is 1.83 bits per heavy atom. The summed E-state index contributed by atoms with van der Waals surface area (Å²) in [6, 6.07) is 10.2. The smallest absolute Gasteiger partial charge is 0.410 e. The van der Waals surface area contributed by atoms with Gasteiger partial charge >= 0.3 is 6.09 Å². The van der Waals surface area contributed by atoms with Crippen molar-refractivity contribution in [3.05, 3.63) is 53.3 Å². The molecule has 3 aromatic heterocycles. The van der Waals surface area contributed by atoms with Gasteiger partial charge in [0.05, 0.1) is 10.6 Å². The summed E-state index contributed by atoms with van der Waals surface area (Å²) in [6.07, 6.45) is 10.7. The summed E-state index contributed by atoms with van der Waals surface area (Å²) in [5.74, 6) is 1.53. The van der Waals surface area contributed by atoms with E-state index in [0.29, 0.717) is 25.7 Å². The molecule has 1 aliphatic rings. The SMILES string of the molecule is CCCC.CCCC(C)(CC)OC(=O)N1CCC(NCc2ncc(-c3cccc(Nc4cc(C)ccn4)n3)s2)CC1. The van der Waals surface area contributed by atoms with Crippen LogP contribution in [0.25, 0.3) is 10.6 Å². The number of nitrogens with one attached hydrogen (secondary N) is 2. The molecule has 0 saturated carbocycles. The maximum atomic E-state index is 12.7. The highest BCUT2D eigenvalue weighted by Gasteiger charge is 2.30. The lowest BCUT2D eigenvalue weighted by atomic mass is 9.97. The van der Waals surface area contributed by atoms with Crippen LogP contribution in [0.5, 0.6) is 0 Å². The number of likely N-dealkylation sites (tertiary alicyclic amines) is 1. The van der Waals surface area contributed by atoms with Crippen molar-refractivity contribution in [2.75, 3.05) is 18.4 Å². The first-order valence-electron chi connectivity index (χ1n) is 15.1. The highest BCUT2D eigenvalue weighted by Crippen LogP contribution is 2.27. The number of carbonyl (C=O) groups excluding carboxylic acids is 1. The number of unbranched alkanes of at least 4 members (excludes halogenated alkanes) is 1. The maximum Gasteiger partial charge on any atom is 0.410 e. The van der Waals surface area contributed by atoms with Crippen molar-refractivity contribution in [1.82, 2.24) is 25.2 Å². The van der Waals surface area contributed by atoms with Gasteiger partial charge in [0.2, 0.25) is 0 Å². The fraction of sp³-hybridized carbons (Fsp3) is 0.562. The lowest BCUT2D eigenvalue weighted by Crippen LogP contribution is -2.47. The van der Waals surface area contributed by atoms with E-state index >= 15 is 0 Å². The number of carbonyl (C=O) groups is 1. The van der Waals surface area contributed by atoms with E-state index in [1.807, 2.05) is 55.3 Å². The molecule has 0 bridgehead atoms. The first kappa shape index (κ1) is 32.5. The largest absolute Gasteiger partial charge is 0.443 e. The number of thiazole rings is 1. The number of piperidine rings is 1. The second-order valence-corrected chi connectivity index (χ2v) is 12.0. The Morgan fingerprint density at radius 3 is 2.49 bits per heavy atom. The van der Waals surface area contributed by atoms with Gasteiger partial charge in [-0.15, -0.1) is 11.3 Å². The lowest BCUT2D eigenvalue weighted by Gasteiger charge is -2.35. The molecule has 4 heterocycles. The van der Waals surface area contributed by atoms with Crippen LogP contribution in [-0.4, -0.2) is 50.7 Å². The van der Waals surface area contributed by atoms with Crippen LogP contribution in [0.15, 0.2) is 42.7 Å². The molecule has 8 nitrogen and oxygen atoms in total. The zero-order valence-electron chi connectivity index (χ0n) is 25.7. The minimum Gasteiger partial charge on any atom is -0.443 e. The average molecular weight is 581 g/mol. The number of nitrogens with zero attached hydrogens (tertiary/aromatic N) is 4. The molecule has 224 valence electrons. The molecule has 41 heavy (non-hydrogen) atoms. The third-order valence-electron chi connectivity index (χ3n) is 7.38. The minimum absolute atomic E-state index is 0.178. The Balaban J connectivity index is 0.00000108. The van der Waals surface area contributed by atoms with Crippen LogP contribution in [-0.2, 0) is 11.3 Å². The Hall–Kier alpha value is -3.04. The van der Waals surface area contributed by atoms with Gasteiger partial charge in [-0.1, -0.05) is 53.0 Å². The molecule has 1 amide bonds. The van der Waals surface area contributed by atoms with Gasteiger partial charge < -0.3 is 20.3 Å². The summed E-state index contributed by atoms with van der Waals surface area (Å²) in [7, 11) is 0. The zero-order chi connectivity index (χ0) is 29.7. The first-order chi connectivity index (χ1) is 19.8. The molecule has 1 unspecified atom stereocenters. The van der Waals surface area contributed by atoms with E-state index < -0.39 is 0 Å². The summed E-state index contributed by atoms with van der Waals surface area (Å²) in [4.78, 5) is 29.3. The van der Waals surface area contributed by atoms with Crippen molar-refractivity contribution >= 4 is 29.1 Å². The van der Waals surface area contributed by atoms with Crippen LogP contribution in [0.4, 0.5) is 16.4 Å². The quantitative estimate of drug-likeness (QED) is 0.237. The monoisotopic (exact) mass is 580 g/mol. The third-order valence-corrected chi connectivity index (χ3v) is 8.40. The van der Waals surface area contributed by atoms with Crippen molar-refractivity contribution in [2.24, 2.45) is 0 Å². The van der Waals surface area contributed by atoms with Gasteiger partial charge in [0.15, 0.2) is 0 Å². The van der Waals surface area contributed by atoms with Crippen LogP contribution in [0, 0.1) is 6.92 Å². The van der Waals surface area contributed by atoms with Gasteiger partial charge in [0.1, 0.15) is 22.2 Å². The number of hydrogen-bond donors (Lipinski definition) is 2. The number of rotatable bonds is 11. The molecule has 1 aliphatic heterocycles. The zero-order valence-corrected chi connectivity index (χ0v) is 26.5. The first-order valence-corrected chi connectivity index (χ1v) is 15.9. The van der Waals surface area contributed by atoms with Crippen LogP contribution < -0.4 is 10.6 Å². The van der Waals surface area contributed by atoms with E-state index in [4.69, 9.17) is 9.72 Å². The fourth-order valence-corrected chi connectivity index (χ4v) is 5.33. The molecule has 0 aromatic carbocycles. The van der Waals surface area contributed by atoms with Gasteiger partial charge in [0.25, 0.3) is 0 Å². The predicted octanol–water partition coefficient (Wildman–Crippen LogP) is 8.12. The summed E-state index contributed by atoms with van der Waals surface area (Å²) in [5.41, 5.74) is 1.66. The number of amides is 1. The predicted molar refractivity (Wildman–Crippen MR) is 170 cm³/mol. The maximum absolute atomic E-state index is 12.7. The molecular weight excluding hydrogens is 532 g/mol. The van der Waals surface area contributed by atoms with Gasteiger partial charge in [-0.25, -0.2) is 19.7 Å². The number of aryl methyl sites for hydroxylation is 1. The molecule has 1 atom stereocenters. The minimum atomic E-state index is -0.370. The molecule has 0 spiro atoms. The van der Waals surface area contributed by atoms with Crippen molar-refractivity contribution in [2.45, 2.75) is 105 Å². The number of hydrogen-bond acceptors (Lipinski definition) is 8. The Morgan fingerprint density at radius 1 is 1.07 bits per heavy atom. The number of ether oxygens (including phenoxy) is 1. The second-order valence-electron chi connectivity index (χ2n) is 10.9. The van der Waals surface area contributed by atoms with Crippen molar-refractivity contribution in [3.8, 4) is 10.6 Å². The molecule has 0 aliphatic carbocycles. The highest BCUT2D eigenvalue weighted by molar-refractivity contribution is 7.15.